The Morgan fingerprint density at radius 2 is 2.15 bits per heavy atom. The lowest BCUT2D eigenvalue weighted by Crippen LogP contribution is -2.39. The van der Waals surface area contributed by atoms with Gasteiger partial charge in [-0.3, -0.25) is 4.90 Å². The summed E-state index contributed by atoms with van der Waals surface area (Å²) >= 11 is 0. The van der Waals surface area contributed by atoms with E-state index in [1.165, 1.54) is 12.1 Å². The van der Waals surface area contributed by atoms with Crippen molar-refractivity contribution >= 4 is 0 Å². The van der Waals surface area contributed by atoms with Crippen molar-refractivity contribution in [2.24, 2.45) is 0 Å². The standard InChI is InChI=1S/C15H17FN2O2/c1-11-17-14(9-20-11)8-18-6-7-19-10-15(18)12-2-4-13(16)5-3-12/h2-5,9,15H,6-8,10H2,1H3. The van der Waals surface area contributed by atoms with Crippen LogP contribution in [-0.2, 0) is 11.3 Å². The lowest BCUT2D eigenvalue weighted by molar-refractivity contribution is -0.0133. The van der Waals surface area contributed by atoms with Gasteiger partial charge in [0.1, 0.15) is 12.1 Å². The summed E-state index contributed by atoms with van der Waals surface area (Å²) in [7, 11) is 0. The highest BCUT2D eigenvalue weighted by molar-refractivity contribution is 5.20. The molecule has 0 radical (unpaired) electrons. The van der Waals surface area contributed by atoms with E-state index < -0.39 is 0 Å². The molecule has 106 valence electrons. The molecule has 1 unspecified atom stereocenters. The molecule has 0 aliphatic carbocycles. The number of hydrogen-bond donors (Lipinski definition) is 0. The number of halogens is 1. The summed E-state index contributed by atoms with van der Waals surface area (Å²) in [6, 6.07) is 6.73. The summed E-state index contributed by atoms with van der Waals surface area (Å²) in [4.78, 5) is 6.62. The molecular formula is C15H17FN2O2. The van der Waals surface area contributed by atoms with E-state index in [0.717, 1.165) is 17.8 Å². The third-order valence-corrected chi connectivity index (χ3v) is 3.53. The lowest BCUT2D eigenvalue weighted by Gasteiger charge is -2.35. The first-order valence-corrected chi connectivity index (χ1v) is 6.70. The minimum absolute atomic E-state index is 0.126. The largest absolute Gasteiger partial charge is 0.449 e. The third kappa shape index (κ3) is 2.89. The first-order valence-electron chi connectivity index (χ1n) is 6.70. The number of hydrogen-bond acceptors (Lipinski definition) is 4. The smallest absolute Gasteiger partial charge is 0.191 e. The van der Waals surface area contributed by atoms with Crippen molar-refractivity contribution in [3.8, 4) is 0 Å². The first kappa shape index (κ1) is 13.3. The Hall–Kier alpha value is -1.72. The molecule has 0 N–H and O–H groups in total. The number of ether oxygens (including phenoxy) is 1. The molecule has 2 heterocycles. The Bertz CT molecular complexity index is 568. The Balaban J connectivity index is 1.78. The molecule has 1 fully saturated rings. The van der Waals surface area contributed by atoms with E-state index in [-0.39, 0.29) is 11.9 Å². The second-order valence-corrected chi connectivity index (χ2v) is 4.97. The Morgan fingerprint density at radius 3 is 2.85 bits per heavy atom. The molecule has 0 amide bonds. The number of morpholine rings is 1. The van der Waals surface area contributed by atoms with E-state index in [1.807, 2.05) is 19.1 Å². The fourth-order valence-electron chi connectivity index (χ4n) is 2.51. The lowest BCUT2D eigenvalue weighted by atomic mass is 10.0. The number of aryl methyl sites for hydroxylation is 1. The Kier molecular flexibility index (Phi) is 3.80. The molecule has 1 aliphatic heterocycles. The summed E-state index contributed by atoms with van der Waals surface area (Å²) in [5.41, 5.74) is 1.97. The van der Waals surface area contributed by atoms with Gasteiger partial charge in [-0.25, -0.2) is 9.37 Å². The van der Waals surface area contributed by atoms with Crippen molar-refractivity contribution in [2.45, 2.75) is 19.5 Å². The number of benzene rings is 1. The normalized spacial score (nSPS) is 20.2. The number of nitrogens with zero attached hydrogens (tertiary/aromatic N) is 2. The van der Waals surface area contributed by atoms with Gasteiger partial charge in [0.25, 0.3) is 0 Å². The van der Waals surface area contributed by atoms with Gasteiger partial charge in [-0.15, -0.1) is 0 Å². The summed E-state index contributed by atoms with van der Waals surface area (Å²) < 4.78 is 23.8. The first-order chi connectivity index (χ1) is 9.72. The van der Waals surface area contributed by atoms with Crippen molar-refractivity contribution in [1.82, 2.24) is 9.88 Å². The highest BCUT2D eigenvalue weighted by Crippen LogP contribution is 2.26. The van der Waals surface area contributed by atoms with Crippen LogP contribution in [0.15, 0.2) is 34.9 Å². The highest BCUT2D eigenvalue weighted by Gasteiger charge is 2.25. The van der Waals surface area contributed by atoms with Gasteiger partial charge in [0.05, 0.1) is 24.9 Å². The van der Waals surface area contributed by atoms with Gasteiger partial charge in [-0.1, -0.05) is 12.1 Å². The molecule has 0 bridgehead atoms. The van der Waals surface area contributed by atoms with Crippen LogP contribution in [0.1, 0.15) is 23.2 Å². The average Bonchev–Trinajstić information content (AvgIpc) is 2.86. The summed E-state index contributed by atoms with van der Waals surface area (Å²) in [5.74, 6) is 0.454. The molecule has 4 nitrogen and oxygen atoms in total. The van der Waals surface area contributed by atoms with Gasteiger partial charge < -0.3 is 9.15 Å². The zero-order valence-corrected chi connectivity index (χ0v) is 11.4. The second kappa shape index (κ2) is 5.73. The van der Waals surface area contributed by atoms with Gasteiger partial charge in [0.2, 0.25) is 0 Å². The number of oxazole rings is 1. The van der Waals surface area contributed by atoms with E-state index in [4.69, 9.17) is 9.15 Å². The summed E-state index contributed by atoms with van der Waals surface area (Å²) in [5, 5.41) is 0. The van der Waals surface area contributed by atoms with Gasteiger partial charge in [0.15, 0.2) is 5.89 Å². The molecule has 20 heavy (non-hydrogen) atoms. The van der Waals surface area contributed by atoms with Crippen molar-refractivity contribution in [2.75, 3.05) is 19.8 Å². The maximum absolute atomic E-state index is 13.0. The quantitative estimate of drug-likeness (QED) is 0.864. The summed E-state index contributed by atoms with van der Waals surface area (Å²) in [6.07, 6.45) is 1.69. The minimum Gasteiger partial charge on any atom is -0.449 e. The van der Waals surface area contributed by atoms with Crippen LogP contribution in [0.5, 0.6) is 0 Å². The van der Waals surface area contributed by atoms with Crippen molar-refractivity contribution in [3.05, 3.63) is 53.5 Å². The summed E-state index contributed by atoms with van der Waals surface area (Å²) in [6.45, 7) is 4.69. The number of aromatic nitrogens is 1. The predicted octanol–water partition coefficient (Wildman–Crippen LogP) is 2.70. The van der Waals surface area contributed by atoms with Crippen molar-refractivity contribution in [1.29, 1.82) is 0 Å². The molecule has 1 atom stereocenters. The average molecular weight is 276 g/mol. The van der Waals surface area contributed by atoms with Crippen LogP contribution in [0.25, 0.3) is 0 Å². The molecule has 1 aromatic carbocycles. The molecule has 1 saturated heterocycles. The van der Waals surface area contributed by atoms with Crippen LogP contribution in [-0.4, -0.2) is 29.6 Å². The molecule has 1 aliphatic rings. The Labute approximate surface area is 117 Å². The molecule has 3 rings (SSSR count). The predicted molar refractivity (Wildman–Crippen MR) is 71.6 cm³/mol. The molecule has 2 aromatic rings. The van der Waals surface area contributed by atoms with Crippen LogP contribution in [0.3, 0.4) is 0 Å². The van der Waals surface area contributed by atoms with Crippen molar-refractivity contribution in [3.63, 3.8) is 0 Å². The fourth-order valence-corrected chi connectivity index (χ4v) is 2.51. The fraction of sp³-hybridized carbons (Fsp3) is 0.400. The SMILES string of the molecule is Cc1nc(CN2CCOCC2c2ccc(F)cc2)co1. The van der Waals surface area contributed by atoms with Gasteiger partial charge in [0, 0.05) is 20.0 Å². The van der Waals surface area contributed by atoms with Crippen LogP contribution in [0.4, 0.5) is 4.39 Å². The van der Waals surface area contributed by atoms with Crippen molar-refractivity contribution < 1.29 is 13.5 Å². The van der Waals surface area contributed by atoms with Crippen LogP contribution in [0, 0.1) is 12.7 Å². The number of rotatable bonds is 3. The third-order valence-electron chi connectivity index (χ3n) is 3.53. The van der Waals surface area contributed by atoms with Gasteiger partial charge in [-0.05, 0) is 17.7 Å². The van der Waals surface area contributed by atoms with Crippen LogP contribution >= 0.6 is 0 Å². The molecule has 0 spiro atoms. The van der Waals surface area contributed by atoms with E-state index in [9.17, 15) is 4.39 Å². The molecule has 5 heteroatoms. The topological polar surface area (TPSA) is 38.5 Å². The maximum atomic E-state index is 13.0. The maximum Gasteiger partial charge on any atom is 0.191 e. The molecule has 1 aromatic heterocycles. The second-order valence-electron chi connectivity index (χ2n) is 4.97. The zero-order chi connectivity index (χ0) is 13.9. The van der Waals surface area contributed by atoms with Gasteiger partial charge >= 0.3 is 0 Å². The Morgan fingerprint density at radius 1 is 1.35 bits per heavy atom. The molecule has 0 saturated carbocycles. The molecular weight excluding hydrogens is 259 g/mol. The van der Waals surface area contributed by atoms with E-state index in [2.05, 4.69) is 9.88 Å². The van der Waals surface area contributed by atoms with Crippen LogP contribution < -0.4 is 0 Å². The highest BCUT2D eigenvalue weighted by atomic mass is 19.1. The van der Waals surface area contributed by atoms with E-state index in [1.54, 1.807) is 6.26 Å². The van der Waals surface area contributed by atoms with Crippen LogP contribution in [0.2, 0.25) is 0 Å². The van der Waals surface area contributed by atoms with E-state index >= 15 is 0 Å². The van der Waals surface area contributed by atoms with E-state index in [0.29, 0.717) is 25.6 Å². The van der Waals surface area contributed by atoms with Gasteiger partial charge in [-0.2, -0.15) is 0 Å². The zero-order valence-electron chi connectivity index (χ0n) is 11.4. The monoisotopic (exact) mass is 276 g/mol. The minimum atomic E-state index is -0.218.